The number of aryl methyl sites for hydroxylation is 1. The van der Waals surface area contributed by atoms with Gasteiger partial charge >= 0.3 is 5.97 Å². The molecule has 114 valence electrons. The van der Waals surface area contributed by atoms with Gasteiger partial charge in [0.1, 0.15) is 5.75 Å². The first-order chi connectivity index (χ1) is 10.5. The molecule has 0 fully saturated rings. The average molecular weight is 299 g/mol. The van der Waals surface area contributed by atoms with Crippen LogP contribution in [0.25, 0.3) is 0 Å². The molecule has 2 aromatic carbocycles. The monoisotopic (exact) mass is 299 g/mol. The third-order valence-electron chi connectivity index (χ3n) is 3.05. The van der Waals surface area contributed by atoms with Gasteiger partial charge in [0.05, 0.1) is 5.56 Å². The Morgan fingerprint density at radius 1 is 1.14 bits per heavy atom. The first kappa shape index (κ1) is 15.6. The number of anilines is 1. The van der Waals surface area contributed by atoms with E-state index in [9.17, 15) is 9.59 Å². The van der Waals surface area contributed by atoms with Crippen LogP contribution in [-0.2, 0) is 4.79 Å². The Hall–Kier alpha value is -2.82. The van der Waals surface area contributed by atoms with E-state index in [0.29, 0.717) is 11.4 Å². The van der Waals surface area contributed by atoms with E-state index in [-0.39, 0.29) is 11.5 Å². The smallest absolute Gasteiger partial charge is 0.335 e. The molecule has 0 aliphatic heterocycles. The summed E-state index contributed by atoms with van der Waals surface area (Å²) in [6.45, 7) is 3.58. The standard InChI is InChI=1S/C17H17NO4/c1-11-5-3-8-15(9-11)22-12(2)16(19)18-14-7-4-6-13(10-14)17(20)21/h3-10,12H,1-2H3,(H,18,19)(H,20,21). The summed E-state index contributed by atoms with van der Waals surface area (Å²) in [7, 11) is 0. The van der Waals surface area contributed by atoms with Gasteiger partial charge in [-0.05, 0) is 49.7 Å². The van der Waals surface area contributed by atoms with Crippen LogP contribution < -0.4 is 10.1 Å². The zero-order chi connectivity index (χ0) is 16.1. The SMILES string of the molecule is Cc1cccc(OC(C)C(=O)Nc2cccc(C(=O)O)c2)c1. The summed E-state index contributed by atoms with van der Waals surface area (Å²) in [5, 5.41) is 11.6. The summed E-state index contributed by atoms with van der Waals surface area (Å²) in [6.07, 6.45) is -0.699. The zero-order valence-corrected chi connectivity index (χ0v) is 12.4. The Morgan fingerprint density at radius 3 is 2.55 bits per heavy atom. The number of nitrogens with one attached hydrogen (secondary N) is 1. The summed E-state index contributed by atoms with van der Waals surface area (Å²) in [5.41, 5.74) is 1.58. The number of aromatic carboxylic acids is 1. The van der Waals surface area contributed by atoms with Crippen molar-refractivity contribution in [1.29, 1.82) is 0 Å². The molecule has 0 aliphatic rings. The predicted molar refractivity (Wildman–Crippen MR) is 83.3 cm³/mol. The fourth-order valence-corrected chi connectivity index (χ4v) is 1.92. The quantitative estimate of drug-likeness (QED) is 0.889. The lowest BCUT2D eigenvalue weighted by Gasteiger charge is -2.15. The van der Waals surface area contributed by atoms with E-state index in [1.54, 1.807) is 25.1 Å². The van der Waals surface area contributed by atoms with Gasteiger partial charge in [-0.2, -0.15) is 0 Å². The number of carboxylic acid groups (broad SMARTS) is 1. The number of benzene rings is 2. The maximum atomic E-state index is 12.1. The summed E-state index contributed by atoms with van der Waals surface area (Å²) < 4.78 is 5.58. The van der Waals surface area contributed by atoms with Crippen molar-refractivity contribution in [3.8, 4) is 5.75 Å². The molecule has 0 bridgehead atoms. The van der Waals surface area contributed by atoms with Gasteiger partial charge in [-0.15, -0.1) is 0 Å². The second-order valence-electron chi connectivity index (χ2n) is 4.95. The summed E-state index contributed by atoms with van der Waals surface area (Å²) >= 11 is 0. The van der Waals surface area contributed by atoms with Gasteiger partial charge in [-0.3, -0.25) is 4.79 Å². The van der Waals surface area contributed by atoms with E-state index in [4.69, 9.17) is 9.84 Å². The molecule has 2 rings (SSSR count). The van der Waals surface area contributed by atoms with Crippen molar-refractivity contribution in [1.82, 2.24) is 0 Å². The largest absolute Gasteiger partial charge is 0.481 e. The Morgan fingerprint density at radius 2 is 1.86 bits per heavy atom. The van der Waals surface area contributed by atoms with Crippen molar-refractivity contribution in [2.45, 2.75) is 20.0 Å². The number of hydrogen-bond acceptors (Lipinski definition) is 3. The second-order valence-corrected chi connectivity index (χ2v) is 4.95. The molecule has 0 aliphatic carbocycles. The van der Waals surface area contributed by atoms with Gasteiger partial charge in [-0.1, -0.05) is 18.2 Å². The lowest BCUT2D eigenvalue weighted by atomic mass is 10.2. The van der Waals surface area contributed by atoms with Gasteiger partial charge in [0.15, 0.2) is 6.10 Å². The van der Waals surface area contributed by atoms with Crippen LogP contribution in [0.4, 0.5) is 5.69 Å². The normalized spacial score (nSPS) is 11.5. The van der Waals surface area contributed by atoms with Crippen molar-refractivity contribution in [3.05, 3.63) is 59.7 Å². The van der Waals surface area contributed by atoms with Crippen molar-refractivity contribution in [3.63, 3.8) is 0 Å². The summed E-state index contributed by atoms with van der Waals surface area (Å²) in [6, 6.07) is 13.5. The van der Waals surface area contributed by atoms with E-state index in [1.165, 1.54) is 12.1 Å². The van der Waals surface area contributed by atoms with Crippen molar-refractivity contribution in [2.75, 3.05) is 5.32 Å². The lowest BCUT2D eigenvalue weighted by molar-refractivity contribution is -0.122. The van der Waals surface area contributed by atoms with Crippen LogP contribution in [0.3, 0.4) is 0 Å². The number of amides is 1. The topological polar surface area (TPSA) is 75.6 Å². The number of rotatable bonds is 5. The third kappa shape index (κ3) is 4.09. The molecule has 1 amide bonds. The highest BCUT2D eigenvalue weighted by Gasteiger charge is 2.15. The molecule has 1 unspecified atom stereocenters. The second kappa shape index (κ2) is 6.76. The number of carbonyl (C=O) groups is 2. The minimum Gasteiger partial charge on any atom is -0.481 e. The highest BCUT2D eigenvalue weighted by atomic mass is 16.5. The molecular weight excluding hydrogens is 282 g/mol. The molecule has 2 N–H and O–H groups in total. The third-order valence-corrected chi connectivity index (χ3v) is 3.05. The Labute approximate surface area is 128 Å². The highest BCUT2D eigenvalue weighted by Crippen LogP contribution is 2.16. The van der Waals surface area contributed by atoms with Crippen LogP contribution in [0.15, 0.2) is 48.5 Å². The summed E-state index contributed by atoms with van der Waals surface area (Å²) in [5.74, 6) is -0.772. The van der Waals surface area contributed by atoms with Gasteiger partial charge in [0.2, 0.25) is 0 Å². The Bertz CT molecular complexity index is 697. The first-order valence-electron chi connectivity index (χ1n) is 6.83. The highest BCUT2D eigenvalue weighted by molar-refractivity contribution is 5.96. The maximum absolute atomic E-state index is 12.1. The lowest BCUT2D eigenvalue weighted by Crippen LogP contribution is -2.30. The predicted octanol–water partition coefficient (Wildman–Crippen LogP) is 3.10. The molecule has 5 nitrogen and oxygen atoms in total. The van der Waals surface area contributed by atoms with E-state index < -0.39 is 12.1 Å². The van der Waals surface area contributed by atoms with E-state index in [0.717, 1.165) is 5.56 Å². The molecule has 0 aromatic heterocycles. The summed E-state index contributed by atoms with van der Waals surface area (Å²) in [4.78, 5) is 23.0. The van der Waals surface area contributed by atoms with Crippen molar-refractivity contribution < 1.29 is 19.4 Å². The van der Waals surface area contributed by atoms with Crippen LogP contribution in [0, 0.1) is 6.92 Å². The fourth-order valence-electron chi connectivity index (χ4n) is 1.92. The number of carbonyl (C=O) groups excluding carboxylic acids is 1. The van der Waals surface area contributed by atoms with Gasteiger partial charge in [0.25, 0.3) is 5.91 Å². The maximum Gasteiger partial charge on any atom is 0.335 e. The molecule has 0 radical (unpaired) electrons. The molecule has 0 saturated carbocycles. The first-order valence-corrected chi connectivity index (χ1v) is 6.83. The number of ether oxygens (including phenoxy) is 1. The van der Waals surface area contributed by atoms with E-state index in [1.807, 2.05) is 25.1 Å². The van der Waals surface area contributed by atoms with Crippen LogP contribution >= 0.6 is 0 Å². The number of carboxylic acids is 1. The fraction of sp³-hybridized carbons (Fsp3) is 0.176. The molecular formula is C17H17NO4. The van der Waals surface area contributed by atoms with E-state index in [2.05, 4.69) is 5.32 Å². The molecule has 2 aromatic rings. The van der Waals surface area contributed by atoms with Crippen molar-refractivity contribution >= 4 is 17.6 Å². The van der Waals surface area contributed by atoms with Crippen LogP contribution in [0.1, 0.15) is 22.8 Å². The van der Waals surface area contributed by atoms with Gasteiger partial charge in [-0.25, -0.2) is 4.79 Å². The molecule has 0 saturated heterocycles. The molecule has 0 spiro atoms. The van der Waals surface area contributed by atoms with E-state index >= 15 is 0 Å². The molecule has 1 atom stereocenters. The molecule has 5 heteroatoms. The minimum atomic E-state index is -1.04. The van der Waals surface area contributed by atoms with Crippen LogP contribution in [0.5, 0.6) is 5.75 Å². The van der Waals surface area contributed by atoms with Crippen molar-refractivity contribution in [2.24, 2.45) is 0 Å². The minimum absolute atomic E-state index is 0.116. The van der Waals surface area contributed by atoms with Gasteiger partial charge < -0.3 is 15.2 Å². The Balaban J connectivity index is 2.02. The Kier molecular flexibility index (Phi) is 4.78. The van der Waals surface area contributed by atoms with Gasteiger partial charge in [0, 0.05) is 5.69 Å². The zero-order valence-electron chi connectivity index (χ0n) is 12.4. The van der Waals surface area contributed by atoms with Crippen LogP contribution in [-0.4, -0.2) is 23.1 Å². The molecule has 22 heavy (non-hydrogen) atoms. The number of hydrogen-bond donors (Lipinski definition) is 2. The van der Waals surface area contributed by atoms with Crippen LogP contribution in [0.2, 0.25) is 0 Å². The molecule has 0 heterocycles. The average Bonchev–Trinajstić information content (AvgIpc) is 2.47.